The van der Waals surface area contributed by atoms with E-state index in [2.05, 4.69) is 30.5 Å². The Bertz CT molecular complexity index is 329. The predicted octanol–water partition coefficient (Wildman–Crippen LogP) is 1.26. The summed E-state index contributed by atoms with van der Waals surface area (Å²) in [5.41, 5.74) is 2.28. The van der Waals surface area contributed by atoms with E-state index in [1.165, 1.54) is 5.56 Å². The molecule has 0 unspecified atom stereocenters. The van der Waals surface area contributed by atoms with Crippen molar-refractivity contribution in [2.45, 2.75) is 39.5 Å². The van der Waals surface area contributed by atoms with E-state index >= 15 is 0 Å². The minimum atomic E-state index is 0.395. The van der Waals surface area contributed by atoms with Crippen LogP contribution in [0.25, 0.3) is 0 Å². The van der Waals surface area contributed by atoms with Crippen LogP contribution in [0.15, 0.2) is 6.20 Å². The molecule has 1 aromatic rings. The van der Waals surface area contributed by atoms with Crippen molar-refractivity contribution in [3.05, 3.63) is 17.5 Å². The zero-order valence-corrected chi connectivity index (χ0v) is 9.66. The minimum Gasteiger partial charge on any atom is -0.371 e. The molecule has 0 amide bonds. The van der Waals surface area contributed by atoms with E-state index in [4.69, 9.17) is 4.74 Å². The van der Waals surface area contributed by atoms with Crippen LogP contribution in [0.2, 0.25) is 0 Å². The first-order chi connectivity index (χ1) is 7.16. The Morgan fingerprint density at radius 3 is 2.80 bits per heavy atom. The van der Waals surface area contributed by atoms with Gasteiger partial charge >= 0.3 is 0 Å². The van der Waals surface area contributed by atoms with Crippen molar-refractivity contribution in [3.8, 4) is 0 Å². The lowest BCUT2D eigenvalue weighted by molar-refractivity contribution is 0.00734. The summed E-state index contributed by atoms with van der Waals surface area (Å²) >= 11 is 0. The SMILES string of the molecule is Cc1nn(C(C)C)cc1COC1CNC1. The molecule has 1 N–H and O–H groups in total. The largest absolute Gasteiger partial charge is 0.371 e. The van der Waals surface area contributed by atoms with Crippen LogP contribution in [0.3, 0.4) is 0 Å². The molecule has 1 fully saturated rings. The minimum absolute atomic E-state index is 0.395. The number of nitrogens with one attached hydrogen (secondary N) is 1. The normalized spacial score (nSPS) is 17.1. The highest BCUT2D eigenvalue weighted by molar-refractivity contribution is 5.14. The maximum atomic E-state index is 5.72. The van der Waals surface area contributed by atoms with Crippen molar-refractivity contribution in [2.24, 2.45) is 0 Å². The quantitative estimate of drug-likeness (QED) is 0.811. The molecule has 1 aliphatic rings. The third kappa shape index (κ3) is 2.38. The van der Waals surface area contributed by atoms with Gasteiger partial charge in [0.05, 0.1) is 18.4 Å². The summed E-state index contributed by atoms with van der Waals surface area (Å²) in [6.45, 7) is 8.95. The van der Waals surface area contributed by atoms with Crippen molar-refractivity contribution in [1.82, 2.24) is 15.1 Å². The molecule has 0 atom stereocenters. The Morgan fingerprint density at radius 1 is 1.60 bits per heavy atom. The number of rotatable bonds is 4. The molecule has 0 bridgehead atoms. The first-order valence-electron chi connectivity index (χ1n) is 5.53. The van der Waals surface area contributed by atoms with Gasteiger partial charge in [-0.2, -0.15) is 5.10 Å². The maximum absolute atomic E-state index is 5.72. The molecule has 0 aliphatic carbocycles. The summed E-state index contributed by atoms with van der Waals surface area (Å²) in [4.78, 5) is 0. The summed E-state index contributed by atoms with van der Waals surface area (Å²) < 4.78 is 7.72. The number of nitrogens with zero attached hydrogens (tertiary/aromatic N) is 2. The third-order valence-electron chi connectivity index (χ3n) is 2.77. The lowest BCUT2D eigenvalue weighted by Crippen LogP contribution is -2.48. The van der Waals surface area contributed by atoms with E-state index in [-0.39, 0.29) is 0 Å². The van der Waals surface area contributed by atoms with Crippen LogP contribution in [0.4, 0.5) is 0 Å². The first kappa shape index (κ1) is 10.6. The fourth-order valence-electron chi connectivity index (χ4n) is 1.51. The number of hydrogen-bond acceptors (Lipinski definition) is 3. The molecule has 84 valence electrons. The third-order valence-corrected chi connectivity index (χ3v) is 2.77. The van der Waals surface area contributed by atoms with E-state index in [1.807, 2.05) is 11.6 Å². The Balaban J connectivity index is 1.94. The molecule has 4 nitrogen and oxygen atoms in total. The number of ether oxygens (including phenoxy) is 1. The summed E-state index contributed by atoms with van der Waals surface area (Å²) in [5.74, 6) is 0. The Labute approximate surface area is 90.6 Å². The molecule has 0 radical (unpaired) electrons. The zero-order valence-electron chi connectivity index (χ0n) is 9.66. The average molecular weight is 209 g/mol. The highest BCUT2D eigenvalue weighted by atomic mass is 16.5. The molecule has 0 aromatic carbocycles. The van der Waals surface area contributed by atoms with Crippen LogP contribution < -0.4 is 5.32 Å². The molecule has 2 rings (SSSR count). The molecule has 2 heterocycles. The van der Waals surface area contributed by atoms with Crippen molar-refractivity contribution in [3.63, 3.8) is 0 Å². The molecule has 4 heteroatoms. The van der Waals surface area contributed by atoms with Crippen molar-refractivity contribution >= 4 is 0 Å². The second-order valence-corrected chi connectivity index (χ2v) is 4.40. The van der Waals surface area contributed by atoms with Crippen molar-refractivity contribution in [1.29, 1.82) is 0 Å². The van der Waals surface area contributed by atoms with Crippen molar-refractivity contribution < 1.29 is 4.74 Å². The van der Waals surface area contributed by atoms with Gasteiger partial charge in [0, 0.05) is 30.9 Å². The summed E-state index contributed by atoms with van der Waals surface area (Å²) in [7, 11) is 0. The Morgan fingerprint density at radius 2 is 2.33 bits per heavy atom. The molecule has 0 saturated carbocycles. The Kier molecular flexibility index (Phi) is 3.07. The van der Waals surface area contributed by atoms with Crippen LogP contribution in [-0.4, -0.2) is 29.0 Å². The fourth-order valence-corrected chi connectivity index (χ4v) is 1.51. The van der Waals surface area contributed by atoms with Gasteiger partial charge in [0.2, 0.25) is 0 Å². The van der Waals surface area contributed by atoms with E-state index in [1.54, 1.807) is 0 Å². The zero-order chi connectivity index (χ0) is 10.8. The van der Waals surface area contributed by atoms with Gasteiger partial charge in [0.25, 0.3) is 0 Å². The lowest BCUT2D eigenvalue weighted by atomic mass is 10.2. The molecule has 1 aliphatic heterocycles. The average Bonchev–Trinajstić information content (AvgIpc) is 2.45. The van der Waals surface area contributed by atoms with Crippen molar-refractivity contribution in [2.75, 3.05) is 13.1 Å². The molecular weight excluding hydrogens is 190 g/mol. The molecule has 1 saturated heterocycles. The monoisotopic (exact) mass is 209 g/mol. The van der Waals surface area contributed by atoms with Gasteiger partial charge < -0.3 is 10.1 Å². The van der Waals surface area contributed by atoms with Crippen LogP contribution >= 0.6 is 0 Å². The van der Waals surface area contributed by atoms with Gasteiger partial charge in [-0.3, -0.25) is 4.68 Å². The maximum Gasteiger partial charge on any atom is 0.0828 e. The van der Waals surface area contributed by atoms with Gasteiger partial charge in [0.1, 0.15) is 0 Å². The summed E-state index contributed by atoms with van der Waals surface area (Å²) in [6, 6.07) is 0.419. The molecule has 1 aromatic heterocycles. The topological polar surface area (TPSA) is 39.1 Å². The fraction of sp³-hybridized carbons (Fsp3) is 0.727. The molecule has 15 heavy (non-hydrogen) atoms. The number of aryl methyl sites for hydroxylation is 1. The van der Waals surface area contributed by atoms with E-state index in [0.29, 0.717) is 18.8 Å². The smallest absolute Gasteiger partial charge is 0.0828 e. The molecule has 0 spiro atoms. The van der Waals surface area contributed by atoms with Crippen LogP contribution in [-0.2, 0) is 11.3 Å². The standard InChI is InChI=1S/C11H19N3O/c1-8(2)14-6-10(9(3)13-14)7-15-11-4-12-5-11/h6,8,11-12H,4-5,7H2,1-3H3. The van der Waals surface area contributed by atoms with E-state index in [9.17, 15) is 0 Å². The second-order valence-electron chi connectivity index (χ2n) is 4.40. The van der Waals surface area contributed by atoms with Gasteiger partial charge in [-0.25, -0.2) is 0 Å². The second kappa shape index (κ2) is 4.33. The van der Waals surface area contributed by atoms with Gasteiger partial charge in [-0.05, 0) is 20.8 Å². The summed E-state index contributed by atoms with van der Waals surface area (Å²) in [6.07, 6.45) is 2.48. The van der Waals surface area contributed by atoms with Crippen LogP contribution in [0.5, 0.6) is 0 Å². The highest BCUT2D eigenvalue weighted by Gasteiger charge is 2.17. The first-order valence-corrected chi connectivity index (χ1v) is 5.53. The highest BCUT2D eigenvalue weighted by Crippen LogP contribution is 2.13. The van der Waals surface area contributed by atoms with E-state index in [0.717, 1.165) is 18.8 Å². The summed E-state index contributed by atoms with van der Waals surface area (Å²) in [5, 5.41) is 7.64. The van der Waals surface area contributed by atoms with Crippen LogP contribution in [0.1, 0.15) is 31.1 Å². The van der Waals surface area contributed by atoms with Gasteiger partial charge in [-0.15, -0.1) is 0 Å². The molecular formula is C11H19N3O. The van der Waals surface area contributed by atoms with Gasteiger partial charge in [0.15, 0.2) is 0 Å². The number of hydrogen-bond donors (Lipinski definition) is 1. The Hall–Kier alpha value is -0.870. The lowest BCUT2D eigenvalue weighted by Gasteiger charge is -2.26. The predicted molar refractivity (Wildman–Crippen MR) is 58.8 cm³/mol. The van der Waals surface area contributed by atoms with Crippen LogP contribution in [0, 0.1) is 6.92 Å². The number of aromatic nitrogens is 2. The van der Waals surface area contributed by atoms with Gasteiger partial charge in [-0.1, -0.05) is 0 Å². The van der Waals surface area contributed by atoms with E-state index < -0.39 is 0 Å².